The maximum absolute atomic E-state index is 9.24. The van der Waals surface area contributed by atoms with E-state index in [1.54, 1.807) is 0 Å². The monoisotopic (exact) mass is 513 g/mol. The van der Waals surface area contributed by atoms with Crippen LogP contribution in [-0.4, -0.2) is 0 Å². The van der Waals surface area contributed by atoms with E-state index in [-0.39, 0.29) is 42.3 Å². The van der Waals surface area contributed by atoms with Crippen molar-refractivity contribution in [2.45, 2.75) is 0 Å². The van der Waals surface area contributed by atoms with Gasteiger partial charge in [0.1, 0.15) is 0 Å². The van der Waals surface area contributed by atoms with E-state index in [9.17, 15) is 1.37 Å². The van der Waals surface area contributed by atoms with Gasteiger partial charge >= 0.3 is 0 Å². The molecule has 0 amide bonds. The fraction of sp³-hybridized carbons (Fsp3) is 0. The molecule has 0 aliphatic rings. The Morgan fingerprint density at radius 2 is 0.950 bits per heavy atom. The van der Waals surface area contributed by atoms with Gasteiger partial charge in [-0.05, 0) is 82.5 Å². The second-order valence-corrected chi connectivity index (χ2v) is 9.97. The van der Waals surface area contributed by atoms with E-state index in [2.05, 4.69) is 48.5 Å². The zero-order valence-corrected chi connectivity index (χ0v) is 21.5. The van der Waals surface area contributed by atoms with Crippen molar-refractivity contribution in [2.24, 2.45) is 0 Å². The molecule has 0 aliphatic carbocycles. The zero-order chi connectivity index (χ0) is 32.6. The number of fused-ring (bicyclic) bond motifs is 4. The van der Waals surface area contributed by atoms with Crippen molar-refractivity contribution < 1.29 is 9.60 Å². The van der Waals surface area contributed by atoms with Crippen LogP contribution in [-0.2, 0) is 0 Å². The number of hydrogen-bond donors (Lipinski definition) is 0. The highest BCUT2D eigenvalue weighted by molar-refractivity contribution is 6.24. The van der Waals surface area contributed by atoms with Crippen LogP contribution in [0.2, 0.25) is 0 Å². The minimum atomic E-state index is -0.351. The molecule has 0 saturated carbocycles. The second kappa shape index (κ2) is 9.22. The molecule has 186 valence electrons. The quantitative estimate of drug-likeness (QED) is 0.206. The van der Waals surface area contributed by atoms with E-state index in [0.29, 0.717) is 27.5 Å². The summed E-state index contributed by atoms with van der Waals surface area (Å²) >= 11 is 0. The Morgan fingerprint density at radius 3 is 1.73 bits per heavy atom. The molecule has 0 heterocycles. The maximum Gasteiger partial charge on any atom is 0.0629 e. The highest BCUT2D eigenvalue weighted by Gasteiger charge is 2.18. The third-order valence-electron chi connectivity index (χ3n) is 7.79. The van der Waals surface area contributed by atoms with E-state index in [0.717, 1.165) is 49.0 Å². The van der Waals surface area contributed by atoms with Gasteiger partial charge in [-0.25, -0.2) is 0 Å². The summed E-state index contributed by atoms with van der Waals surface area (Å²) in [4.78, 5) is 0. The summed E-state index contributed by atoms with van der Waals surface area (Å²) in [6.07, 6.45) is 0. The molecule has 0 heteroatoms. The minimum absolute atomic E-state index is 0.120. The molecule has 40 heavy (non-hydrogen) atoms. The Balaban J connectivity index is 1.53. The molecule has 0 unspecified atom stereocenters. The number of hydrogen-bond acceptors (Lipinski definition) is 0. The lowest BCUT2D eigenvalue weighted by atomic mass is 9.84. The fourth-order valence-corrected chi connectivity index (χ4v) is 6.05. The van der Waals surface area contributed by atoms with Crippen LogP contribution in [0.5, 0.6) is 0 Å². The highest BCUT2D eigenvalue weighted by atomic mass is 14.2. The first kappa shape index (κ1) is 16.7. The molecule has 0 N–H and O–H groups in total. The second-order valence-electron chi connectivity index (χ2n) is 9.97. The van der Waals surface area contributed by atoms with Crippen molar-refractivity contribution >= 4 is 43.1 Å². The summed E-state index contributed by atoms with van der Waals surface area (Å²) in [7, 11) is 0. The van der Waals surface area contributed by atoms with Crippen LogP contribution in [0, 0.1) is 0 Å². The highest BCUT2D eigenvalue weighted by Crippen LogP contribution is 2.46. The fourth-order valence-electron chi connectivity index (χ4n) is 6.05. The van der Waals surface area contributed by atoms with Crippen molar-refractivity contribution in [3.05, 3.63) is 158 Å². The van der Waals surface area contributed by atoms with Crippen molar-refractivity contribution in [1.29, 1.82) is 0 Å². The van der Waals surface area contributed by atoms with Crippen LogP contribution >= 0.6 is 0 Å². The van der Waals surface area contributed by atoms with Gasteiger partial charge in [-0.2, -0.15) is 0 Å². The summed E-state index contributed by atoms with van der Waals surface area (Å²) in [5.74, 6) is 0. The van der Waals surface area contributed by atoms with Crippen LogP contribution in [0.3, 0.4) is 0 Å². The Hall–Kier alpha value is -5.20. The van der Waals surface area contributed by atoms with Gasteiger partial charge in [0.25, 0.3) is 0 Å². The van der Waals surface area contributed by atoms with Crippen LogP contribution in [0.25, 0.3) is 76.5 Å². The SMILES string of the molecule is [2H]c1cc(-c2c3ccccc3c(-c3cccc4c(-c5ccc6ccccc6c5)cccc34)c3c([2H])c([2H])c([2H])c([2H])c23)cc([2H])c1[2H]. The molecular formula is C40H26. The molecule has 0 fully saturated rings. The molecule has 8 rings (SSSR count). The average molecular weight is 514 g/mol. The Kier molecular flexibility index (Phi) is 3.85. The van der Waals surface area contributed by atoms with E-state index < -0.39 is 0 Å². The predicted octanol–water partition coefficient (Wildman–Crippen LogP) is 11.3. The summed E-state index contributed by atoms with van der Waals surface area (Å²) in [6, 6.07) is 36.2. The lowest BCUT2D eigenvalue weighted by molar-refractivity contribution is 1.65. The van der Waals surface area contributed by atoms with Crippen molar-refractivity contribution in [3.63, 3.8) is 0 Å². The number of rotatable bonds is 3. The van der Waals surface area contributed by atoms with E-state index >= 15 is 0 Å². The molecule has 0 atom stereocenters. The van der Waals surface area contributed by atoms with Gasteiger partial charge in [-0.1, -0.05) is 151 Å². The van der Waals surface area contributed by atoms with Gasteiger partial charge in [0, 0.05) is 0 Å². The molecular weight excluding hydrogens is 480 g/mol. The molecule has 0 aromatic heterocycles. The van der Waals surface area contributed by atoms with Gasteiger partial charge in [-0.3, -0.25) is 0 Å². The molecule has 8 aromatic rings. The van der Waals surface area contributed by atoms with Crippen LogP contribution in [0.15, 0.2) is 158 Å². The Morgan fingerprint density at radius 1 is 0.350 bits per heavy atom. The molecule has 0 nitrogen and oxygen atoms in total. The van der Waals surface area contributed by atoms with Gasteiger partial charge in [0.15, 0.2) is 0 Å². The summed E-state index contributed by atoms with van der Waals surface area (Å²) in [5, 5.41) is 6.50. The van der Waals surface area contributed by atoms with Gasteiger partial charge < -0.3 is 0 Å². The van der Waals surface area contributed by atoms with Crippen LogP contribution < -0.4 is 0 Å². The third kappa shape index (κ3) is 3.54. The molecule has 8 aromatic carbocycles. The Bertz CT molecular complexity index is 2580. The topological polar surface area (TPSA) is 0 Å². The maximum atomic E-state index is 9.24. The largest absolute Gasteiger partial charge is 0.0629 e. The van der Waals surface area contributed by atoms with Crippen molar-refractivity contribution in [2.75, 3.05) is 0 Å². The van der Waals surface area contributed by atoms with Crippen LogP contribution in [0.1, 0.15) is 9.60 Å². The smallest absolute Gasteiger partial charge is 0.0622 e. The Labute approximate surface area is 243 Å². The standard InChI is InChI=1S/C40H26/c1-2-13-28(14-3-1)39-35-16-6-8-18-37(35)40(38-19-9-7-17-36(38)39)34-23-11-21-32-31(20-10-22-33(32)34)30-25-24-27-12-4-5-15-29(27)26-30/h1-26H/i1D,2D,3D,6D,8D,16D,18D. The first-order valence-electron chi connectivity index (χ1n) is 16.8. The molecule has 0 bridgehead atoms. The lowest BCUT2D eigenvalue weighted by Gasteiger charge is -2.19. The van der Waals surface area contributed by atoms with Gasteiger partial charge in [-0.15, -0.1) is 0 Å². The summed E-state index contributed by atoms with van der Waals surface area (Å²) in [5.41, 5.74) is 4.65. The van der Waals surface area contributed by atoms with Gasteiger partial charge in [0.05, 0.1) is 9.60 Å². The van der Waals surface area contributed by atoms with E-state index in [1.165, 1.54) is 12.1 Å². The van der Waals surface area contributed by atoms with Gasteiger partial charge in [0.2, 0.25) is 0 Å². The molecule has 0 radical (unpaired) electrons. The first-order chi connectivity index (χ1) is 22.7. The lowest BCUT2D eigenvalue weighted by Crippen LogP contribution is -1.92. The molecule has 0 spiro atoms. The van der Waals surface area contributed by atoms with E-state index in [4.69, 9.17) is 8.22 Å². The normalized spacial score (nSPS) is 13.9. The molecule has 0 saturated heterocycles. The minimum Gasteiger partial charge on any atom is -0.0622 e. The van der Waals surface area contributed by atoms with Crippen molar-refractivity contribution in [3.8, 4) is 33.4 Å². The van der Waals surface area contributed by atoms with Crippen molar-refractivity contribution in [1.82, 2.24) is 0 Å². The average Bonchev–Trinajstić information content (AvgIpc) is 3.10. The first-order valence-corrected chi connectivity index (χ1v) is 13.3. The number of benzene rings is 8. The third-order valence-corrected chi connectivity index (χ3v) is 7.79. The predicted molar refractivity (Wildman–Crippen MR) is 173 cm³/mol. The molecule has 0 aliphatic heterocycles. The van der Waals surface area contributed by atoms with E-state index in [1.807, 2.05) is 54.6 Å². The van der Waals surface area contributed by atoms with Crippen LogP contribution in [0.4, 0.5) is 0 Å². The zero-order valence-electron chi connectivity index (χ0n) is 28.5. The summed E-state index contributed by atoms with van der Waals surface area (Å²) < 4.78 is 60.6. The summed E-state index contributed by atoms with van der Waals surface area (Å²) in [6.45, 7) is 0.